The van der Waals surface area contributed by atoms with Crippen molar-refractivity contribution in [2.24, 2.45) is 0 Å². The van der Waals surface area contributed by atoms with Crippen LogP contribution in [0.5, 0.6) is 0 Å². The van der Waals surface area contributed by atoms with Gasteiger partial charge in [-0.05, 0) is 31.7 Å². The summed E-state index contributed by atoms with van der Waals surface area (Å²) < 4.78 is 4.93. The Morgan fingerprint density at radius 3 is 2.68 bits per heavy atom. The number of carbonyl (C=O) groups is 2. The van der Waals surface area contributed by atoms with Gasteiger partial charge in [0.1, 0.15) is 0 Å². The quantitative estimate of drug-likeness (QED) is 0.588. The van der Waals surface area contributed by atoms with Gasteiger partial charge in [0.25, 0.3) is 0 Å². The van der Waals surface area contributed by atoms with Crippen molar-refractivity contribution in [1.29, 1.82) is 0 Å². The van der Waals surface area contributed by atoms with E-state index in [1.807, 2.05) is 25.3 Å². The summed E-state index contributed by atoms with van der Waals surface area (Å²) >= 11 is 1.39. The average Bonchev–Trinajstić information content (AvgIpc) is 2.91. The van der Waals surface area contributed by atoms with E-state index in [0.717, 1.165) is 6.42 Å². The van der Waals surface area contributed by atoms with Gasteiger partial charge in [0.15, 0.2) is 5.78 Å². The zero-order valence-electron chi connectivity index (χ0n) is 11.6. The first-order valence-corrected chi connectivity index (χ1v) is 7.45. The van der Waals surface area contributed by atoms with Crippen molar-refractivity contribution < 1.29 is 14.3 Å². The lowest BCUT2D eigenvalue weighted by Crippen LogP contribution is -2.43. The van der Waals surface area contributed by atoms with E-state index in [2.05, 4.69) is 5.32 Å². The first-order valence-electron chi connectivity index (χ1n) is 6.57. The number of carbonyl (C=O) groups excluding carboxylic acids is 2. The van der Waals surface area contributed by atoms with Crippen molar-refractivity contribution >= 4 is 23.1 Å². The van der Waals surface area contributed by atoms with Crippen molar-refractivity contribution in [3.63, 3.8) is 0 Å². The van der Waals surface area contributed by atoms with Crippen LogP contribution in [0.3, 0.4) is 0 Å². The first kappa shape index (κ1) is 15.9. The average molecular weight is 283 g/mol. The second-order valence-corrected chi connectivity index (χ2v) is 5.33. The molecule has 0 amide bonds. The number of ether oxygens (including phenoxy) is 1. The predicted molar refractivity (Wildman–Crippen MR) is 76.6 cm³/mol. The van der Waals surface area contributed by atoms with E-state index < -0.39 is 6.04 Å². The summed E-state index contributed by atoms with van der Waals surface area (Å²) in [5.41, 5.74) is 0. The molecule has 0 fully saturated rings. The van der Waals surface area contributed by atoms with Crippen LogP contribution < -0.4 is 5.32 Å². The molecule has 0 saturated heterocycles. The maximum absolute atomic E-state index is 12.3. The van der Waals surface area contributed by atoms with Crippen molar-refractivity contribution in [3.05, 3.63) is 22.4 Å². The normalized spacial score (nSPS) is 13.8. The number of hydrogen-bond donors (Lipinski definition) is 1. The maximum Gasteiger partial charge on any atom is 0.307 e. The zero-order valence-corrected chi connectivity index (χ0v) is 12.5. The lowest BCUT2D eigenvalue weighted by atomic mass is 10.1. The van der Waals surface area contributed by atoms with Crippen molar-refractivity contribution in [1.82, 2.24) is 5.32 Å². The third-order valence-electron chi connectivity index (χ3n) is 2.85. The van der Waals surface area contributed by atoms with Gasteiger partial charge in [-0.3, -0.25) is 9.59 Å². The molecule has 0 radical (unpaired) electrons. The number of hydrogen-bond acceptors (Lipinski definition) is 5. The second-order valence-electron chi connectivity index (χ2n) is 4.38. The fourth-order valence-electron chi connectivity index (χ4n) is 1.67. The topological polar surface area (TPSA) is 55.4 Å². The van der Waals surface area contributed by atoms with E-state index in [1.54, 1.807) is 13.0 Å². The van der Waals surface area contributed by atoms with E-state index in [0.29, 0.717) is 11.5 Å². The smallest absolute Gasteiger partial charge is 0.307 e. The summed E-state index contributed by atoms with van der Waals surface area (Å²) in [4.78, 5) is 24.6. The van der Waals surface area contributed by atoms with E-state index in [-0.39, 0.29) is 24.2 Å². The van der Waals surface area contributed by atoms with Crippen molar-refractivity contribution in [3.8, 4) is 0 Å². The molecular weight excluding hydrogens is 262 g/mol. The minimum absolute atomic E-state index is 0.0386. The van der Waals surface area contributed by atoms with Gasteiger partial charge in [-0.15, -0.1) is 11.3 Å². The standard InChI is InChI=1S/C14H21NO3S/c1-4-10(3)15-11(9-13(16)18-5-2)14(17)12-7-6-8-19-12/h6-8,10-11,15H,4-5,9H2,1-3H3. The van der Waals surface area contributed by atoms with E-state index in [9.17, 15) is 9.59 Å². The largest absolute Gasteiger partial charge is 0.466 e. The highest BCUT2D eigenvalue weighted by Gasteiger charge is 2.25. The molecule has 2 atom stereocenters. The number of rotatable bonds is 8. The highest BCUT2D eigenvalue weighted by Crippen LogP contribution is 2.14. The van der Waals surface area contributed by atoms with Crippen LogP contribution in [0.1, 0.15) is 43.3 Å². The molecule has 0 aromatic carbocycles. The van der Waals surface area contributed by atoms with Crippen LogP contribution in [0.2, 0.25) is 0 Å². The molecular formula is C14H21NO3S. The molecule has 2 unspecified atom stereocenters. The fraction of sp³-hybridized carbons (Fsp3) is 0.571. The summed E-state index contributed by atoms with van der Waals surface area (Å²) in [6, 6.07) is 3.29. The molecule has 1 heterocycles. The van der Waals surface area contributed by atoms with Crippen LogP contribution in [0.15, 0.2) is 17.5 Å². The van der Waals surface area contributed by atoms with Crippen molar-refractivity contribution in [2.45, 2.75) is 45.7 Å². The molecule has 1 N–H and O–H groups in total. The molecule has 0 aliphatic carbocycles. The summed E-state index contributed by atoms with van der Waals surface area (Å²) in [6.45, 7) is 6.13. The lowest BCUT2D eigenvalue weighted by Gasteiger charge is -2.20. The van der Waals surface area contributed by atoms with E-state index in [1.165, 1.54) is 11.3 Å². The van der Waals surface area contributed by atoms with Crippen LogP contribution in [0.4, 0.5) is 0 Å². The Balaban J connectivity index is 2.73. The second kappa shape index (κ2) is 8.07. The predicted octanol–water partition coefficient (Wildman–Crippen LogP) is 2.64. The highest BCUT2D eigenvalue weighted by molar-refractivity contribution is 7.12. The van der Waals surface area contributed by atoms with E-state index >= 15 is 0 Å². The van der Waals surface area contributed by atoms with Gasteiger partial charge < -0.3 is 10.1 Å². The van der Waals surface area contributed by atoms with Crippen molar-refractivity contribution in [2.75, 3.05) is 6.61 Å². The number of ketones is 1. The SMILES string of the molecule is CCOC(=O)CC(NC(C)CC)C(=O)c1cccs1. The molecule has 1 aromatic rings. The fourth-order valence-corrected chi connectivity index (χ4v) is 2.38. The van der Waals surface area contributed by atoms with E-state index in [4.69, 9.17) is 4.74 Å². The van der Waals surface area contributed by atoms with Gasteiger partial charge >= 0.3 is 5.97 Å². The van der Waals surface area contributed by atoms with Gasteiger partial charge in [-0.2, -0.15) is 0 Å². The van der Waals surface area contributed by atoms with Gasteiger partial charge in [0.05, 0.1) is 23.9 Å². The highest BCUT2D eigenvalue weighted by atomic mass is 32.1. The van der Waals surface area contributed by atoms with Crippen LogP contribution in [0, 0.1) is 0 Å². The summed E-state index contributed by atoms with van der Waals surface area (Å²) in [5, 5.41) is 5.06. The Bertz CT molecular complexity index is 403. The summed E-state index contributed by atoms with van der Waals surface area (Å²) in [6.07, 6.45) is 0.978. The molecule has 4 nitrogen and oxygen atoms in total. The number of esters is 1. The molecule has 5 heteroatoms. The Kier molecular flexibility index (Phi) is 6.73. The molecule has 1 rings (SSSR count). The van der Waals surface area contributed by atoms with Crippen LogP contribution in [0.25, 0.3) is 0 Å². The van der Waals surface area contributed by atoms with Gasteiger partial charge in [-0.25, -0.2) is 0 Å². The molecule has 19 heavy (non-hydrogen) atoms. The monoisotopic (exact) mass is 283 g/mol. The third kappa shape index (κ3) is 5.12. The molecule has 0 aliphatic heterocycles. The summed E-state index contributed by atoms with van der Waals surface area (Å²) in [7, 11) is 0. The van der Waals surface area contributed by atoms with Gasteiger partial charge in [0, 0.05) is 6.04 Å². The third-order valence-corrected chi connectivity index (χ3v) is 3.74. The van der Waals surface area contributed by atoms with Gasteiger partial charge in [0.2, 0.25) is 0 Å². The molecule has 0 aliphatic rings. The molecule has 1 aromatic heterocycles. The Morgan fingerprint density at radius 2 is 2.16 bits per heavy atom. The number of nitrogens with one attached hydrogen (secondary N) is 1. The minimum Gasteiger partial charge on any atom is -0.466 e. The lowest BCUT2D eigenvalue weighted by molar-refractivity contribution is -0.143. The number of thiophene rings is 1. The van der Waals surface area contributed by atoms with Crippen LogP contribution in [-0.2, 0) is 9.53 Å². The van der Waals surface area contributed by atoms with Crippen LogP contribution >= 0.6 is 11.3 Å². The molecule has 0 spiro atoms. The Labute approximate surface area is 118 Å². The Morgan fingerprint density at radius 1 is 1.42 bits per heavy atom. The van der Waals surface area contributed by atoms with Gasteiger partial charge in [-0.1, -0.05) is 13.0 Å². The van der Waals surface area contributed by atoms with Crippen LogP contribution in [-0.4, -0.2) is 30.4 Å². The zero-order chi connectivity index (χ0) is 14.3. The molecule has 0 saturated carbocycles. The first-order chi connectivity index (χ1) is 9.08. The minimum atomic E-state index is -0.507. The molecule has 106 valence electrons. The Hall–Kier alpha value is -1.20. The summed E-state index contributed by atoms with van der Waals surface area (Å²) in [5.74, 6) is -0.378. The molecule has 0 bridgehead atoms. The number of Topliss-reactive ketones (excluding diaryl/α,β-unsaturated/α-hetero) is 1. The maximum atomic E-state index is 12.3.